The van der Waals surface area contributed by atoms with Crippen LogP contribution in [0, 0.1) is 5.92 Å². The van der Waals surface area contributed by atoms with Crippen molar-refractivity contribution in [2.24, 2.45) is 5.92 Å². The second-order valence-corrected chi connectivity index (χ2v) is 6.32. The first-order valence-corrected chi connectivity index (χ1v) is 8.21. The first kappa shape index (κ1) is 17.8. The minimum atomic E-state index is -1.46. The smallest absolute Gasteiger partial charge is 0.334 e. The quantitative estimate of drug-likeness (QED) is 0.864. The Bertz CT molecular complexity index is 574. The number of carbonyl (C=O) groups excluding carboxylic acids is 1. The Morgan fingerprint density at radius 1 is 1.39 bits per heavy atom. The highest BCUT2D eigenvalue weighted by Crippen LogP contribution is 2.29. The van der Waals surface area contributed by atoms with Crippen LogP contribution in [0.1, 0.15) is 38.7 Å². The van der Waals surface area contributed by atoms with Gasteiger partial charge in [0.15, 0.2) is 5.54 Å². The van der Waals surface area contributed by atoms with Crippen molar-refractivity contribution < 1.29 is 19.4 Å². The first-order valence-electron chi connectivity index (χ1n) is 7.83. The van der Waals surface area contributed by atoms with Crippen molar-refractivity contribution in [3.8, 4) is 0 Å². The zero-order chi connectivity index (χ0) is 17.0. The van der Waals surface area contributed by atoms with Crippen molar-refractivity contribution in [1.82, 2.24) is 5.32 Å². The molecule has 0 aliphatic carbocycles. The monoisotopic (exact) mass is 339 g/mol. The van der Waals surface area contributed by atoms with Gasteiger partial charge in [0.2, 0.25) is 5.91 Å². The van der Waals surface area contributed by atoms with E-state index in [0.29, 0.717) is 23.6 Å². The number of ether oxygens (including phenoxy) is 1. The minimum Gasteiger partial charge on any atom is -0.479 e. The average Bonchev–Trinajstić information content (AvgIpc) is 2.53. The molecule has 6 heteroatoms. The topological polar surface area (TPSA) is 75.6 Å². The fourth-order valence-corrected chi connectivity index (χ4v) is 3.12. The number of carboxylic acid groups (broad SMARTS) is 1. The number of benzene rings is 1. The SMILES string of the molecule is CCC(NC(=O)C1CCCOC1C)(C(=O)O)c1ccc(Cl)cc1. The van der Waals surface area contributed by atoms with Gasteiger partial charge >= 0.3 is 5.97 Å². The van der Waals surface area contributed by atoms with Gasteiger partial charge in [0.1, 0.15) is 0 Å². The number of halogens is 1. The Hall–Kier alpha value is -1.59. The molecule has 23 heavy (non-hydrogen) atoms. The lowest BCUT2D eigenvalue weighted by Gasteiger charge is -2.34. The summed E-state index contributed by atoms with van der Waals surface area (Å²) in [5.41, 5.74) is -0.951. The number of aliphatic carboxylic acids is 1. The van der Waals surface area contributed by atoms with E-state index < -0.39 is 11.5 Å². The third-order valence-corrected chi connectivity index (χ3v) is 4.76. The van der Waals surface area contributed by atoms with Crippen LogP contribution in [-0.4, -0.2) is 29.7 Å². The lowest BCUT2D eigenvalue weighted by atomic mass is 9.85. The van der Waals surface area contributed by atoms with Crippen molar-refractivity contribution >= 4 is 23.5 Å². The summed E-state index contributed by atoms with van der Waals surface area (Å²) < 4.78 is 5.52. The molecule has 1 aromatic rings. The Morgan fingerprint density at radius 3 is 2.57 bits per heavy atom. The molecule has 3 atom stereocenters. The van der Waals surface area contributed by atoms with E-state index in [0.717, 1.165) is 6.42 Å². The van der Waals surface area contributed by atoms with E-state index in [9.17, 15) is 14.7 Å². The summed E-state index contributed by atoms with van der Waals surface area (Å²) in [6.07, 6.45) is 1.53. The van der Waals surface area contributed by atoms with Crippen molar-refractivity contribution in [3.05, 3.63) is 34.9 Å². The third kappa shape index (κ3) is 3.67. The van der Waals surface area contributed by atoms with Crippen LogP contribution in [0.4, 0.5) is 0 Å². The van der Waals surface area contributed by atoms with Crippen molar-refractivity contribution in [2.75, 3.05) is 6.61 Å². The summed E-state index contributed by atoms with van der Waals surface area (Å²) in [5, 5.41) is 13.1. The van der Waals surface area contributed by atoms with E-state index in [1.165, 1.54) is 0 Å². The molecule has 0 bridgehead atoms. The van der Waals surface area contributed by atoms with Crippen molar-refractivity contribution in [2.45, 2.75) is 44.8 Å². The number of nitrogens with one attached hydrogen (secondary N) is 1. The van der Waals surface area contributed by atoms with Crippen molar-refractivity contribution in [1.29, 1.82) is 0 Å². The fourth-order valence-electron chi connectivity index (χ4n) is 3.00. The lowest BCUT2D eigenvalue weighted by molar-refractivity contribution is -0.151. The number of carboxylic acids is 1. The highest BCUT2D eigenvalue weighted by molar-refractivity contribution is 6.30. The fraction of sp³-hybridized carbons (Fsp3) is 0.529. The first-order chi connectivity index (χ1) is 10.9. The molecule has 0 radical (unpaired) electrons. The van der Waals surface area contributed by atoms with Gasteiger partial charge < -0.3 is 15.2 Å². The second-order valence-electron chi connectivity index (χ2n) is 5.88. The minimum absolute atomic E-state index is 0.211. The molecular weight excluding hydrogens is 318 g/mol. The number of hydrogen-bond acceptors (Lipinski definition) is 3. The van der Waals surface area contributed by atoms with E-state index in [4.69, 9.17) is 16.3 Å². The van der Waals surface area contributed by atoms with Gasteiger partial charge in [-0.15, -0.1) is 0 Å². The molecule has 1 aliphatic rings. The van der Waals surface area contributed by atoms with Gasteiger partial charge in [-0.2, -0.15) is 0 Å². The van der Waals surface area contributed by atoms with Gasteiger partial charge in [-0.3, -0.25) is 4.79 Å². The van der Waals surface area contributed by atoms with Crippen molar-refractivity contribution in [3.63, 3.8) is 0 Å². The van der Waals surface area contributed by atoms with Crippen LogP contribution >= 0.6 is 11.6 Å². The molecule has 3 unspecified atom stereocenters. The van der Waals surface area contributed by atoms with Gasteiger partial charge in [0.05, 0.1) is 12.0 Å². The molecule has 1 aromatic carbocycles. The normalized spacial score (nSPS) is 23.8. The predicted octanol–water partition coefficient (Wildman–Crippen LogP) is 2.96. The van der Waals surface area contributed by atoms with E-state index in [1.807, 2.05) is 6.92 Å². The van der Waals surface area contributed by atoms with E-state index in [2.05, 4.69) is 5.32 Å². The van der Waals surface area contributed by atoms with Gasteiger partial charge in [-0.25, -0.2) is 4.79 Å². The zero-order valence-electron chi connectivity index (χ0n) is 13.3. The molecule has 126 valence electrons. The second kappa shape index (κ2) is 7.32. The van der Waals surface area contributed by atoms with Gasteiger partial charge in [0.25, 0.3) is 0 Å². The van der Waals surface area contributed by atoms with Crippen LogP contribution in [-0.2, 0) is 19.9 Å². The largest absolute Gasteiger partial charge is 0.479 e. The maximum atomic E-state index is 12.6. The van der Waals surface area contributed by atoms with E-state index in [1.54, 1.807) is 31.2 Å². The molecule has 1 heterocycles. The summed E-state index contributed by atoms with van der Waals surface area (Å²) in [6, 6.07) is 6.54. The van der Waals surface area contributed by atoms with E-state index >= 15 is 0 Å². The summed E-state index contributed by atoms with van der Waals surface area (Å²) in [5.74, 6) is -1.70. The standard InChI is InChI=1S/C17H22ClNO4/c1-3-17(16(21)22,12-6-8-13(18)9-7-12)19-15(20)14-5-4-10-23-11(14)2/h6-9,11,14H,3-5,10H2,1-2H3,(H,19,20)(H,21,22). The summed E-state index contributed by atoms with van der Waals surface area (Å²) in [7, 11) is 0. The number of rotatable bonds is 5. The summed E-state index contributed by atoms with van der Waals surface area (Å²) >= 11 is 5.88. The highest BCUT2D eigenvalue weighted by atomic mass is 35.5. The predicted molar refractivity (Wildman–Crippen MR) is 87.3 cm³/mol. The Kier molecular flexibility index (Phi) is 5.65. The molecule has 1 amide bonds. The molecule has 1 aliphatic heterocycles. The molecule has 0 spiro atoms. The molecule has 1 fully saturated rings. The summed E-state index contributed by atoms with van der Waals surface area (Å²) in [6.45, 7) is 4.23. The molecule has 0 saturated carbocycles. The Labute approximate surface area is 141 Å². The van der Waals surface area contributed by atoms with Crippen LogP contribution in [0.3, 0.4) is 0 Å². The van der Waals surface area contributed by atoms with E-state index in [-0.39, 0.29) is 24.3 Å². The molecular formula is C17H22ClNO4. The third-order valence-electron chi connectivity index (χ3n) is 4.51. The number of amides is 1. The molecule has 1 saturated heterocycles. The van der Waals surface area contributed by atoms with Gasteiger partial charge in [0, 0.05) is 11.6 Å². The van der Waals surface area contributed by atoms with Gasteiger partial charge in [-0.05, 0) is 43.9 Å². The molecule has 2 N–H and O–H groups in total. The Balaban J connectivity index is 2.29. The Morgan fingerprint density at radius 2 is 2.04 bits per heavy atom. The van der Waals surface area contributed by atoms with Crippen LogP contribution in [0.5, 0.6) is 0 Å². The lowest BCUT2D eigenvalue weighted by Crippen LogP contribution is -2.54. The maximum absolute atomic E-state index is 12.6. The maximum Gasteiger partial charge on any atom is 0.334 e. The average molecular weight is 340 g/mol. The van der Waals surface area contributed by atoms with Crippen LogP contribution in [0.25, 0.3) is 0 Å². The van der Waals surface area contributed by atoms with Crippen LogP contribution in [0.15, 0.2) is 24.3 Å². The summed E-state index contributed by atoms with van der Waals surface area (Å²) in [4.78, 5) is 24.6. The van der Waals surface area contributed by atoms with Gasteiger partial charge in [-0.1, -0.05) is 30.7 Å². The van der Waals surface area contributed by atoms with Crippen LogP contribution < -0.4 is 5.32 Å². The molecule has 2 rings (SSSR count). The number of carbonyl (C=O) groups is 2. The molecule has 5 nitrogen and oxygen atoms in total. The highest BCUT2D eigenvalue weighted by Gasteiger charge is 2.42. The molecule has 0 aromatic heterocycles. The number of hydrogen-bond donors (Lipinski definition) is 2. The zero-order valence-corrected chi connectivity index (χ0v) is 14.1. The van der Waals surface area contributed by atoms with Crippen LogP contribution in [0.2, 0.25) is 5.02 Å².